The molecule has 0 bridgehead atoms. The van der Waals surface area contributed by atoms with Crippen LogP contribution in [0.5, 0.6) is 5.75 Å². The highest BCUT2D eigenvalue weighted by Crippen LogP contribution is 2.40. The Hall–Kier alpha value is -2.95. The maximum Gasteiger partial charge on any atom is 0.223 e. The third-order valence-corrected chi connectivity index (χ3v) is 7.13. The second kappa shape index (κ2) is 8.53. The molecule has 0 aliphatic carbocycles. The van der Waals surface area contributed by atoms with Gasteiger partial charge in [-0.2, -0.15) is 0 Å². The average molecular weight is 434 g/mol. The van der Waals surface area contributed by atoms with Gasteiger partial charge in [0.05, 0.1) is 12.0 Å². The number of Topliss-reactive ketones (excluding diaryl/α,β-unsaturated/α-hetero) is 2. The van der Waals surface area contributed by atoms with Crippen molar-refractivity contribution in [3.8, 4) is 5.75 Å². The van der Waals surface area contributed by atoms with Crippen molar-refractivity contribution < 1.29 is 19.1 Å². The summed E-state index contributed by atoms with van der Waals surface area (Å²) in [6, 6.07) is 9.55. The van der Waals surface area contributed by atoms with Crippen molar-refractivity contribution in [2.24, 2.45) is 0 Å². The number of fused-ring (bicyclic) bond motifs is 1. The first kappa shape index (κ1) is 22.3. The zero-order valence-corrected chi connectivity index (χ0v) is 19.4. The molecule has 0 atom stereocenters. The van der Waals surface area contributed by atoms with Crippen molar-refractivity contribution in [3.05, 3.63) is 63.7 Å². The number of ketones is 2. The zero-order chi connectivity index (χ0) is 23.0. The highest BCUT2D eigenvalue weighted by Gasteiger charge is 2.43. The predicted molar refractivity (Wildman–Crippen MR) is 124 cm³/mol. The van der Waals surface area contributed by atoms with Gasteiger partial charge in [-0.05, 0) is 68.1 Å². The van der Waals surface area contributed by atoms with Gasteiger partial charge in [-0.1, -0.05) is 12.1 Å². The number of benzene rings is 2. The van der Waals surface area contributed by atoms with Crippen LogP contribution in [0.3, 0.4) is 0 Å². The molecule has 2 aliphatic heterocycles. The number of rotatable bonds is 4. The topological polar surface area (TPSA) is 63.7 Å². The van der Waals surface area contributed by atoms with Crippen molar-refractivity contribution in [3.63, 3.8) is 0 Å². The van der Waals surface area contributed by atoms with E-state index in [1.807, 2.05) is 62.9 Å². The highest BCUT2D eigenvalue weighted by molar-refractivity contribution is 6.01. The quantitative estimate of drug-likeness (QED) is 0.643. The summed E-state index contributed by atoms with van der Waals surface area (Å²) in [7, 11) is 0. The summed E-state index contributed by atoms with van der Waals surface area (Å²) in [4.78, 5) is 39.9. The van der Waals surface area contributed by atoms with E-state index in [9.17, 15) is 14.4 Å². The predicted octanol–water partition coefficient (Wildman–Crippen LogP) is 4.91. The number of amides is 1. The van der Waals surface area contributed by atoms with Gasteiger partial charge >= 0.3 is 0 Å². The fraction of sp³-hybridized carbons (Fsp3) is 0.444. The van der Waals surface area contributed by atoms with Crippen LogP contribution in [0.1, 0.15) is 75.1 Å². The Morgan fingerprint density at radius 2 is 1.56 bits per heavy atom. The van der Waals surface area contributed by atoms with Gasteiger partial charge in [0.15, 0.2) is 11.6 Å². The van der Waals surface area contributed by atoms with E-state index in [4.69, 9.17) is 4.74 Å². The summed E-state index contributed by atoms with van der Waals surface area (Å²) in [5.41, 5.74) is 5.23. The third-order valence-electron chi connectivity index (χ3n) is 7.13. The lowest BCUT2D eigenvalue weighted by Gasteiger charge is -2.44. The summed E-state index contributed by atoms with van der Waals surface area (Å²) in [6.45, 7) is 9.11. The van der Waals surface area contributed by atoms with E-state index in [1.54, 1.807) is 0 Å². The first-order valence-electron chi connectivity index (χ1n) is 11.4. The molecule has 4 rings (SSSR count). The van der Waals surface area contributed by atoms with Crippen LogP contribution in [0.4, 0.5) is 0 Å². The largest absolute Gasteiger partial charge is 0.486 e. The molecular weight excluding hydrogens is 402 g/mol. The Balaban J connectivity index is 1.34. The van der Waals surface area contributed by atoms with Crippen LogP contribution in [0.2, 0.25) is 0 Å². The minimum absolute atomic E-state index is 0.00147. The molecule has 1 saturated heterocycles. The summed E-state index contributed by atoms with van der Waals surface area (Å²) in [5, 5.41) is 0. The van der Waals surface area contributed by atoms with Gasteiger partial charge in [0.1, 0.15) is 11.4 Å². The molecule has 1 spiro atoms. The monoisotopic (exact) mass is 433 g/mol. The van der Waals surface area contributed by atoms with E-state index >= 15 is 0 Å². The van der Waals surface area contributed by atoms with Crippen LogP contribution in [-0.2, 0) is 4.79 Å². The van der Waals surface area contributed by atoms with Crippen LogP contribution in [-0.4, -0.2) is 41.1 Å². The smallest absolute Gasteiger partial charge is 0.223 e. The van der Waals surface area contributed by atoms with Crippen molar-refractivity contribution in [1.82, 2.24) is 4.90 Å². The van der Waals surface area contributed by atoms with Gasteiger partial charge in [0, 0.05) is 44.3 Å². The van der Waals surface area contributed by atoms with Gasteiger partial charge in [0.25, 0.3) is 0 Å². The molecule has 0 saturated carbocycles. The standard InChI is InChI=1S/C27H31NO4/c1-17-5-6-21(13-18(17)2)23(29)7-8-26(31)28-11-9-27(10-12-28)16-24(30)22-14-19(3)20(4)15-25(22)32-27/h5-6,13-15H,7-12,16H2,1-4H3. The third kappa shape index (κ3) is 4.34. The number of aryl methyl sites for hydroxylation is 4. The van der Waals surface area contributed by atoms with Crippen molar-refractivity contribution >= 4 is 17.5 Å². The number of likely N-dealkylation sites (tertiary alicyclic amines) is 1. The Morgan fingerprint density at radius 1 is 0.906 bits per heavy atom. The maximum absolute atomic E-state index is 12.8. The van der Waals surface area contributed by atoms with Crippen molar-refractivity contribution in [1.29, 1.82) is 0 Å². The van der Waals surface area contributed by atoms with E-state index in [0.717, 1.165) is 22.3 Å². The van der Waals surface area contributed by atoms with Crippen molar-refractivity contribution in [2.45, 2.75) is 65.4 Å². The molecule has 1 fully saturated rings. The molecule has 2 aromatic carbocycles. The fourth-order valence-corrected chi connectivity index (χ4v) is 4.63. The summed E-state index contributed by atoms with van der Waals surface area (Å²) in [5.74, 6) is 0.778. The Labute approximate surface area is 189 Å². The molecule has 2 aromatic rings. The minimum atomic E-state index is -0.530. The van der Waals surface area contributed by atoms with E-state index in [0.29, 0.717) is 49.2 Å². The van der Waals surface area contributed by atoms with Crippen LogP contribution in [0.25, 0.3) is 0 Å². The number of ether oxygens (including phenoxy) is 1. The highest BCUT2D eigenvalue weighted by atomic mass is 16.5. The molecule has 0 N–H and O–H groups in total. The molecule has 0 aromatic heterocycles. The van der Waals surface area contributed by atoms with E-state index < -0.39 is 5.60 Å². The van der Waals surface area contributed by atoms with Crippen LogP contribution < -0.4 is 4.74 Å². The number of carbonyl (C=O) groups is 3. The summed E-state index contributed by atoms with van der Waals surface area (Å²) in [6.07, 6.45) is 2.03. The number of carbonyl (C=O) groups excluding carboxylic acids is 3. The number of hydrogen-bond acceptors (Lipinski definition) is 4. The molecular formula is C27H31NO4. The molecule has 168 valence electrons. The minimum Gasteiger partial charge on any atom is -0.486 e. The summed E-state index contributed by atoms with van der Waals surface area (Å²) < 4.78 is 6.36. The normalized spacial score (nSPS) is 17.1. The maximum atomic E-state index is 12.8. The zero-order valence-electron chi connectivity index (χ0n) is 19.4. The SMILES string of the molecule is Cc1ccc(C(=O)CCC(=O)N2CCC3(CC2)CC(=O)c2cc(C)c(C)cc2O3)cc1C. The molecule has 5 heteroatoms. The van der Waals surface area contributed by atoms with Crippen molar-refractivity contribution in [2.75, 3.05) is 13.1 Å². The lowest BCUT2D eigenvalue weighted by Crippen LogP contribution is -2.52. The van der Waals surface area contributed by atoms with Gasteiger partial charge < -0.3 is 9.64 Å². The molecule has 5 nitrogen and oxygen atoms in total. The number of piperidine rings is 1. The van der Waals surface area contributed by atoms with Gasteiger partial charge in [-0.25, -0.2) is 0 Å². The second-order valence-electron chi connectivity index (χ2n) is 9.42. The Bertz CT molecular complexity index is 1090. The first-order chi connectivity index (χ1) is 15.2. The van der Waals surface area contributed by atoms with E-state index in [2.05, 4.69) is 0 Å². The first-order valence-corrected chi connectivity index (χ1v) is 11.4. The molecule has 0 radical (unpaired) electrons. The van der Waals surface area contributed by atoms with Crippen LogP contribution in [0, 0.1) is 27.7 Å². The molecule has 0 unspecified atom stereocenters. The van der Waals surface area contributed by atoms with Gasteiger partial charge in [-0.3, -0.25) is 14.4 Å². The lowest BCUT2D eigenvalue weighted by molar-refractivity contribution is -0.134. The van der Waals surface area contributed by atoms with E-state index in [-0.39, 0.29) is 30.3 Å². The van der Waals surface area contributed by atoms with Gasteiger partial charge in [0.2, 0.25) is 5.91 Å². The second-order valence-corrected chi connectivity index (χ2v) is 9.42. The molecule has 32 heavy (non-hydrogen) atoms. The number of nitrogens with zero attached hydrogens (tertiary/aromatic N) is 1. The summed E-state index contributed by atoms with van der Waals surface area (Å²) >= 11 is 0. The Kier molecular flexibility index (Phi) is 5.93. The molecule has 2 aliphatic rings. The number of hydrogen-bond donors (Lipinski definition) is 0. The van der Waals surface area contributed by atoms with Crippen LogP contribution >= 0.6 is 0 Å². The lowest BCUT2D eigenvalue weighted by atomic mass is 9.82. The van der Waals surface area contributed by atoms with Gasteiger partial charge in [-0.15, -0.1) is 0 Å². The van der Waals surface area contributed by atoms with Crippen LogP contribution in [0.15, 0.2) is 30.3 Å². The molecule has 2 heterocycles. The molecule has 1 amide bonds. The van der Waals surface area contributed by atoms with E-state index in [1.165, 1.54) is 0 Å². The Morgan fingerprint density at radius 3 is 2.25 bits per heavy atom. The fourth-order valence-electron chi connectivity index (χ4n) is 4.63. The average Bonchev–Trinajstić information content (AvgIpc) is 2.76.